The molecule has 0 radical (unpaired) electrons. The van der Waals surface area contributed by atoms with E-state index in [1.54, 1.807) is 24.3 Å². The second-order valence-electron chi connectivity index (χ2n) is 6.34. The average molecular weight is 486 g/mol. The molecule has 0 spiro atoms. The molecule has 3 aromatic rings. The smallest absolute Gasteiger partial charge is 0.221 e. The molecule has 168 valence electrons. The van der Waals surface area contributed by atoms with E-state index in [-0.39, 0.29) is 39.6 Å². The van der Waals surface area contributed by atoms with Crippen LogP contribution in [0.4, 0.5) is 4.39 Å². The summed E-state index contributed by atoms with van der Waals surface area (Å²) >= 11 is 3.78. The van der Waals surface area contributed by atoms with Crippen molar-refractivity contribution in [3.8, 4) is 34.8 Å². The van der Waals surface area contributed by atoms with Crippen LogP contribution in [0, 0.1) is 28.5 Å². The van der Waals surface area contributed by atoms with E-state index in [1.807, 2.05) is 12.1 Å². The quantitative estimate of drug-likeness (QED) is 0.525. The van der Waals surface area contributed by atoms with Gasteiger partial charge in [-0.15, -0.1) is 0 Å². The first-order valence-electron chi connectivity index (χ1n) is 8.98. The second-order valence-corrected chi connectivity index (χ2v) is 7.26. The predicted octanol–water partition coefficient (Wildman–Crippen LogP) is 3.45. The van der Waals surface area contributed by atoms with Crippen LogP contribution in [0.1, 0.15) is 16.7 Å². The van der Waals surface area contributed by atoms with E-state index in [0.717, 1.165) is 0 Å². The summed E-state index contributed by atoms with van der Waals surface area (Å²) in [7, 11) is 0. The third kappa shape index (κ3) is 6.84. The maximum atomic E-state index is 15.4. The number of nitrogens with zero attached hydrogens (tertiary/aromatic N) is 2. The fourth-order valence-corrected chi connectivity index (χ4v) is 3.02. The van der Waals surface area contributed by atoms with Crippen LogP contribution in [0.2, 0.25) is 5.02 Å². The summed E-state index contributed by atoms with van der Waals surface area (Å²) in [5.74, 6) is -1.59. The summed E-state index contributed by atoms with van der Waals surface area (Å²) in [5.41, 5.74) is 6.85. The Morgan fingerprint density at radius 2 is 1.79 bits per heavy atom. The van der Waals surface area contributed by atoms with Crippen LogP contribution in [0.3, 0.4) is 0 Å². The molecule has 1 amide bonds. The summed E-state index contributed by atoms with van der Waals surface area (Å²) in [4.78, 5) is 11.4. The molecule has 3 aromatic carbocycles. The van der Waals surface area contributed by atoms with Crippen molar-refractivity contribution in [2.45, 2.75) is 6.42 Å². The zero-order chi connectivity index (χ0) is 24.5. The third-order valence-electron chi connectivity index (χ3n) is 4.16. The molecule has 33 heavy (non-hydrogen) atoms. The van der Waals surface area contributed by atoms with E-state index < -0.39 is 23.0 Å². The number of carbonyl (C=O) groups is 1. The van der Waals surface area contributed by atoms with Crippen molar-refractivity contribution in [2.75, 3.05) is 0 Å². The molecule has 0 aromatic heterocycles. The number of carbonyl (C=O) groups excluding carboxylic acids is 1. The molecule has 0 aliphatic carbocycles. The van der Waals surface area contributed by atoms with Gasteiger partial charge in [-0.05, 0) is 41.5 Å². The molecule has 0 bridgehead atoms. The van der Waals surface area contributed by atoms with Gasteiger partial charge in [0.05, 0.1) is 28.6 Å². The highest BCUT2D eigenvalue weighted by atomic mass is 35.5. The number of benzene rings is 3. The normalized spacial score (nSPS) is 10.7. The van der Waals surface area contributed by atoms with Crippen molar-refractivity contribution in [1.82, 2.24) is 0 Å². The SMILES string of the molecule is N#Cc1ccc(C#N)c(Oc2c(Cl)ccc(-c3ccccc3CC(N)=O)c2F)c1.NS(=O)[O-]. The van der Waals surface area contributed by atoms with Crippen molar-refractivity contribution in [2.24, 2.45) is 10.9 Å². The molecule has 0 aliphatic heterocycles. The Bertz CT molecular complexity index is 1300. The monoisotopic (exact) mass is 485 g/mol. The Morgan fingerprint density at radius 3 is 2.39 bits per heavy atom. The molecule has 0 saturated carbocycles. The fourth-order valence-electron chi connectivity index (χ4n) is 2.84. The van der Waals surface area contributed by atoms with Crippen LogP contribution in [0.25, 0.3) is 11.1 Å². The van der Waals surface area contributed by atoms with Crippen LogP contribution in [-0.2, 0) is 22.5 Å². The van der Waals surface area contributed by atoms with Crippen molar-refractivity contribution < 1.29 is 22.7 Å². The van der Waals surface area contributed by atoms with Gasteiger partial charge >= 0.3 is 0 Å². The van der Waals surface area contributed by atoms with Gasteiger partial charge in [0.2, 0.25) is 5.91 Å². The average Bonchev–Trinajstić information content (AvgIpc) is 2.76. The number of nitriles is 2. The fraction of sp³-hybridized carbons (Fsp3) is 0.0455. The van der Waals surface area contributed by atoms with Crippen LogP contribution in [0.5, 0.6) is 11.5 Å². The summed E-state index contributed by atoms with van der Waals surface area (Å²) in [6.45, 7) is 0. The molecule has 11 heteroatoms. The van der Waals surface area contributed by atoms with Gasteiger partial charge in [0.15, 0.2) is 11.6 Å². The predicted molar refractivity (Wildman–Crippen MR) is 119 cm³/mol. The van der Waals surface area contributed by atoms with Crippen molar-refractivity contribution in [1.29, 1.82) is 10.5 Å². The highest BCUT2D eigenvalue weighted by molar-refractivity contribution is 7.76. The lowest BCUT2D eigenvalue weighted by molar-refractivity contribution is -0.117. The van der Waals surface area contributed by atoms with Gasteiger partial charge in [0, 0.05) is 16.8 Å². The molecule has 4 N–H and O–H groups in total. The number of ether oxygens (including phenoxy) is 1. The number of hydrogen-bond donors (Lipinski definition) is 2. The number of nitrogens with two attached hydrogens (primary N) is 2. The van der Waals surface area contributed by atoms with Gasteiger partial charge in [-0.25, -0.2) is 4.39 Å². The number of amides is 1. The Balaban J connectivity index is 0.000000890. The maximum absolute atomic E-state index is 15.4. The van der Waals surface area contributed by atoms with E-state index >= 15 is 4.39 Å². The van der Waals surface area contributed by atoms with Gasteiger partial charge in [-0.1, -0.05) is 35.9 Å². The summed E-state index contributed by atoms with van der Waals surface area (Å²) in [5, 5.41) is 22.4. The van der Waals surface area contributed by atoms with E-state index in [1.165, 1.54) is 30.3 Å². The highest BCUT2D eigenvalue weighted by Crippen LogP contribution is 2.39. The van der Waals surface area contributed by atoms with Crippen molar-refractivity contribution in [3.05, 3.63) is 82.1 Å². The van der Waals surface area contributed by atoms with Gasteiger partial charge < -0.3 is 15.0 Å². The first-order chi connectivity index (χ1) is 15.7. The van der Waals surface area contributed by atoms with Gasteiger partial charge in [0.25, 0.3) is 0 Å². The zero-order valence-electron chi connectivity index (χ0n) is 16.7. The topological polar surface area (TPSA) is 166 Å². The lowest BCUT2D eigenvalue weighted by Crippen LogP contribution is -2.14. The Kier molecular flexibility index (Phi) is 9.04. The minimum Gasteiger partial charge on any atom is -0.760 e. The van der Waals surface area contributed by atoms with Gasteiger partial charge in [-0.2, -0.15) is 10.5 Å². The summed E-state index contributed by atoms with van der Waals surface area (Å²) in [6, 6.07) is 17.8. The third-order valence-corrected chi connectivity index (χ3v) is 4.46. The minimum absolute atomic E-state index is 0.00919. The molecule has 0 fully saturated rings. The molecule has 0 saturated heterocycles. The van der Waals surface area contributed by atoms with E-state index in [9.17, 15) is 10.1 Å². The molecule has 0 aliphatic rings. The summed E-state index contributed by atoms with van der Waals surface area (Å²) in [6.07, 6.45) is -0.0583. The molecular weight excluding hydrogens is 471 g/mol. The van der Waals surface area contributed by atoms with E-state index in [0.29, 0.717) is 11.1 Å². The van der Waals surface area contributed by atoms with Crippen LogP contribution in [-0.4, -0.2) is 14.7 Å². The number of rotatable bonds is 5. The van der Waals surface area contributed by atoms with Crippen LogP contribution < -0.4 is 15.6 Å². The Hall–Kier alpha value is -3.80. The Morgan fingerprint density at radius 1 is 1.12 bits per heavy atom. The Labute approximate surface area is 196 Å². The van der Waals surface area contributed by atoms with Crippen molar-refractivity contribution >= 4 is 28.8 Å². The van der Waals surface area contributed by atoms with Crippen LogP contribution in [0.15, 0.2) is 54.6 Å². The first kappa shape index (κ1) is 25.5. The molecule has 1 unspecified atom stereocenters. The molecule has 8 nitrogen and oxygen atoms in total. The van der Waals surface area contributed by atoms with Gasteiger partial charge in [0.1, 0.15) is 11.8 Å². The standard InChI is InChI=1S/C22H13ClFN3O2.H3NO2S/c23-18-8-7-17(16-4-2-1-3-14(16)10-20(27)28)21(24)22(18)29-19-9-13(11-25)5-6-15(19)12-26;1-4(2)3/h1-9H,10H2,(H2,27,28);1H2,(H,2,3)/p-1. The molecular formula is C22H15ClFN4O4S-. The molecule has 3 rings (SSSR count). The number of halogens is 2. The van der Waals surface area contributed by atoms with Crippen LogP contribution >= 0.6 is 11.6 Å². The van der Waals surface area contributed by atoms with E-state index in [4.69, 9.17) is 36.1 Å². The summed E-state index contributed by atoms with van der Waals surface area (Å²) < 4.78 is 38.5. The van der Waals surface area contributed by atoms with E-state index in [2.05, 4.69) is 5.14 Å². The van der Waals surface area contributed by atoms with Gasteiger partial charge in [-0.3, -0.25) is 14.1 Å². The largest absolute Gasteiger partial charge is 0.760 e. The lowest BCUT2D eigenvalue weighted by Gasteiger charge is -2.15. The molecule has 0 heterocycles. The molecule has 1 atom stereocenters. The zero-order valence-corrected chi connectivity index (χ0v) is 18.3. The minimum atomic E-state index is -2.36. The second kappa shape index (κ2) is 11.7. The maximum Gasteiger partial charge on any atom is 0.221 e. The lowest BCUT2D eigenvalue weighted by atomic mass is 9.97. The van der Waals surface area contributed by atoms with Crippen molar-refractivity contribution in [3.63, 3.8) is 0 Å². The number of primary amides is 1. The number of hydrogen-bond acceptors (Lipinski definition) is 6. The highest BCUT2D eigenvalue weighted by Gasteiger charge is 2.19. The first-order valence-corrected chi connectivity index (χ1v) is 10.5.